The molecule has 0 radical (unpaired) electrons. The number of imidazole rings is 1. The summed E-state index contributed by atoms with van der Waals surface area (Å²) in [4.78, 5) is 25.0. The zero-order valence-corrected chi connectivity index (χ0v) is 18.0. The third-order valence-corrected chi connectivity index (χ3v) is 6.34. The number of hydrogen-bond acceptors (Lipinski definition) is 7. The summed E-state index contributed by atoms with van der Waals surface area (Å²) in [6.07, 6.45) is 6.26. The van der Waals surface area contributed by atoms with Crippen LogP contribution >= 0.6 is 0 Å². The molecular formula is C21H29N8O+. The number of hydrogen-bond donors (Lipinski definition) is 2. The van der Waals surface area contributed by atoms with Crippen molar-refractivity contribution in [2.45, 2.75) is 64.8 Å². The maximum Gasteiger partial charge on any atom is 0.189 e. The number of anilines is 1. The van der Waals surface area contributed by atoms with Crippen molar-refractivity contribution in [2.75, 3.05) is 18.8 Å². The molecule has 3 atom stereocenters. The number of rotatable bonds is 4. The largest absolute Gasteiger partial charge is 0.382 e. The van der Waals surface area contributed by atoms with Crippen molar-refractivity contribution in [3.05, 3.63) is 24.0 Å². The van der Waals surface area contributed by atoms with E-state index in [4.69, 9.17) is 25.4 Å². The quantitative estimate of drug-likeness (QED) is 0.668. The van der Waals surface area contributed by atoms with Crippen LogP contribution in [0.2, 0.25) is 0 Å². The second-order valence-electron chi connectivity index (χ2n) is 8.80. The van der Waals surface area contributed by atoms with E-state index in [1.807, 2.05) is 6.92 Å². The molecule has 2 fully saturated rings. The van der Waals surface area contributed by atoms with E-state index in [-0.39, 0.29) is 12.1 Å². The number of quaternary nitrogens is 1. The van der Waals surface area contributed by atoms with Gasteiger partial charge in [-0.15, -0.1) is 0 Å². The molecule has 0 aliphatic carbocycles. The van der Waals surface area contributed by atoms with E-state index in [2.05, 4.69) is 35.3 Å². The van der Waals surface area contributed by atoms with Crippen LogP contribution in [0.5, 0.6) is 0 Å². The highest BCUT2D eigenvalue weighted by Gasteiger charge is 2.40. The monoisotopic (exact) mass is 409 g/mol. The molecule has 30 heavy (non-hydrogen) atoms. The van der Waals surface area contributed by atoms with E-state index in [0.29, 0.717) is 29.4 Å². The van der Waals surface area contributed by atoms with E-state index in [1.54, 1.807) is 12.4 Å². The second-order valence-corrected chi connectivity index (χ2v) is 8.80. The van der Waals surface area contributed by atoms with Crippen molar-refractivity contribution < 1.29 is 9.64 Å². The number of aromatic nitrogens is 6. The van der Waals surface area contributed by atoms with E-state index in [1.165, 1.54) is 4.90 Å². The number of nitrogens with two attached hydrogens (primary N) is 1. The summed E-state index contributed by atoms with van der Waals surface area (Å²) in [5, 5.41) is 0. The van der Waals surface area contributed by atoms with Crippen molar-refractivity contribution in [3.8, 4) is 11.4 Å². The van der Waals surface area contributed by atoms with Gasteiger partial charge in [-0.3, -0.25) is 0 Å². The minimum absolute atomic E-state index is 0.151. The van der Waals surface area contributed by atoms with Crippen LogP contribution in [0.1, 0.15) is 57.3 Å². The topological polar surface area (TPSA) is 109 Å². The number of nitrogen functional groups attached to an aromatic ring is 1. The Kier molecular flexibility index (Phi) is 4.67. The minimum atomic E-state index is 0.151. The Morgan fingerprint density at radius 2 is 1.80 bits per heavy atom. The number of aryl methyl sites for hydroxylation is 1. The molecule has 5 heterocycles. The molecule has 3 aromatic rings. The number of ether oxygens (including phenoxy) is 1. The maximum atomic E-state index is 6.04. The zero-order chi connectivity index (χ0) is 21.0. The standard InChI is InChI=1S/C21H28N8O/c1-11(2)29-13(4)25-19-18(16-7-24-17(22)8-23-16)26-20(27-21(19)29)12(3)28-9-14-5-6-15(10-28)30-14/h7-8,11-12,14-15H,5-6,9-10H2,1-4H3,(H2,22,24)/p+1/t12-,14?,15?/m1/s1. The van der Waals surface area contributed by atoms with Gasteiger partial charge in [0.15, 0.2) is 11.5 Å². The van der Waals surface area contributed by atoms with Crippen LogP contribution < -0.4 is 10.6 Å². The highest BCUT2D eigenvalue weighted by Crippen LogP contribution is 2.28. The first-order valence-electron chi connectivity index (χ1n) is 10.7. The maximum absolute atomic E-state index is 6.04. The molecule has 3 aromatic heterocycles. The number of fused-ring (bicyclic) bond motifs is 3. The predicted molar refractivity (Wildman–Crippen MR) is 113 cm³/mol. The minimum Gasteiger partial charge on any atom is -0.382 e. The van der Waals surface area contributed by atoms with E-state index in [9.17, 15) is 0 Å². The summed E-state index contributed by atoms with van der Waals surface area (Å²) >= 11 is 0. The smallest absolute Gasteiger partial charge is 0.189 e. The van der Waals surface area contributed by atoms with Gasteiger partial charge < -0.3 is 19.9 Å². The van der Waals surface area contributed by atoms with Gasteiger partial charge in [0.1, 0.15) is 59.9 Å². The van der Waals surface area contributed by atoms with Crippen molar-refractivity contribution >= 4 is 17.0 Å². The fraction of sp³-hybridized carbons (Fsp3) is 0.571. The molecule has 0 aromatic carbocycles. The van der Waals surface area contributed by atoms with Crippen LogP contribution in [0.25, 0.3) is 22.6 Å². The van der Waals surface area contributed by atoms with Crippen molar-refractivity contribution in [1.29, 1.82) is 0 Å². The molecule has 2 unspecified atom stereocenters. The molecule has 0 spiro atoms. The number of nitrogens with zero attached hydrogens (tertiary/aromatic N) is 6. The highest BCUT2D eigenvalue weighted by atomic mass is 16.5. The normalized spacial score (nSPS) is 24.6. The van der Waals surface area contributed by atoms with Gasteiger partial charge >= 0.3 is 0 Å². The van der Waals surface area contributed by atoms with Gasteiger partial charge in [0.2, 0.25) is 0 Å². The molecule has 2 bridgehead atoms. The predicted octanol–water partition coefficient (Wildman–Crippen LogP) is 1.26. The molecule has 2 aliphatic rings. The Hall–Kier alpha value is -2.65. The van der Waals surface area contributed by atoms with Crippen LogP contribution in [0.15, 0.2) is 12.4 Å². The fourth-order valence-corrected chi connectivity index (χ4v) is 4.84. The van der Waals surface area contributed by atoms with Gasteiger partial charge in [0.25, 0.3) is 0 Å². The summed E-state index contributed by atoms with van der Waals surface area (Å²) in [6.45, 7) is 10.5. The zero-order valence-electron chi connectivity index (χ0n) is 18.0. The van der Waals surface area contributed by atoms with Gasteiger partial charge in [0.05, 0.1) is 12.4 Å². The summed E-state index contributed by atoms with van der Waals surface area (Å²) in [5.74, 6) is 2.12. The van der Waals surface area contributed by atoms with Gasteiger partial charge in [-0.2, -0.15) is 0 Å². The SMILES string of the molecule is Cc1nc2c(-c3cnc(N)cn3)nc([C@@H](C)[NH+]3CC4CCC(C3)O4)nc2n1C(C)C. The van der Waals surface area contributed by atoms with E-state index >= 15 is 0 Å². The van der Waals surface area contributed by atoms with Crippen molar-refractivity contribution in [1.82, 2.24) is 29.5 Å². The molecule has 3 N–H and O–H groups in total. The molecule has 9 heteroatoms. The van der Waals surface area contributed by atoms with Crippen LogP contribution in [0, 0.1) is 6.92 Å². The Morgan fingerprint density at radius 1 is 1.07 bits per heavy atom. The summed E-state index contributed by atoms with van der Waals surface area (Å²) in [7, 11) is 0. The third kappa shape index (κ3) is 3.22. The van der Waals surface area contributed by atoms with Gasteiger partial charge in [0, 0.05) is 6.04 Å². The average molecular weight is 410 g/mol. The Labute approximate surface area is 175 Å². The molecule has 0 amide bonds. The lowest BCUT2D eigenvalue weighted by molar-refractivity contribution is -0.942. The van der Waals surface area contributed by atoms with Crippen molar-refractivity contribution in [3.63, 3.8) is 0 Å². The lowest BCUT2D eigenvalue weighted by Crippen LogP contribution is -3.15. The molecule has 5 rings (SSSR count). The van der Waals surface area contributed by atoms with Crippen LogP contribution in [0.4, 0.5) is 5.82 Å². The van der Waals surface area contributed by atoms with Gasteiger partial charge in [-0.25, -0.2) is 24.9 Å². The average Bonchev–Trinajstić information content (AvgIpc) is 3.24. The number of nitrogens with one attached hydrogen (secondary N) is 1. The lowest BCUT2D eigenvalue weighted by Gasteiger charge is -2.32. The van der Waals surface area contributed by atoms with Crippen LogP contribution in [0.3, 0.4) is 0 Å². The molecule has 158 valence electrons. The van der Waals surface area contributed by atoms with Crippen LogP contribution in [-0.2, 0) is 4.74 Å². The fourth-order valence-electron chi connectivity index (χ4n) is 4.84. The Bertz CT molecular complexity index is 1060. The Balaban J connectivity index is 1.64. The highest BCUT2D eigenvalue weighted by molar-refractivity contribution is 5.86. The van der Waals surface area contributed by atoms with Crippen LogP contribution in [-0.4, -0.2) is 54.8 Å². The third-order valence-electron chi connectivity index (χ3n) is 6.34. The second kappa shape index (κ2) is 7.24. The molecule has 9 nitrogen and oxygen atoms in total. The number of morpholine rings is 1. The first kappa shape index (κ1) is 19.3. The first-order valence-corrected chi connectivity index (χ1v) is 10.7. The molecule has 2 saturated heterocycles. The number of likely N-dealkylation sites (tertiary alicyclic amines) is 1. The summed E-state index contributed by atoms with van der Waals surface area (Å²) in [6, 6.07) is 0.391. The van der Waals surface area contributed by atoms with Gasteiger partial charge in [-0.1, -0.05) is 0 Å². The van der Waals surface area contributed by atoms with E-state index in [0.717, 1.165) is 48.7 Å². The van der Waals surface area contributed by atoms with Crippen molar-refractivity contribution in [2.24, 2.45) is 0 Å². The summed E-state index contributed by atoms with van der Waals surface area (Å²) in [5.41, 5.74) is 8.74. The molecular weight excluding hydrogens is 380 g/mol. The summed E-state index contributed by atoms with van der Waals surface area (Å²) < 4.78 is 8.20. The molecule has 0 saturated carbocycles. The lowest BCUT2D eigenvalue weighted by atomic mass is 10.2. The molecule has 2 aliphatic heterocycles. The first-order chi connectivity index (χ1) is 14.4. The van der Waals surface area contributed by atoms with E-state index < -0.39 is 0 Å². The van der Waals surface area contributed by atoms with Gasteiger partial charge in [-0.05, 0) is 40.5 Å². The Morgan fingerprint density at radius 3 is 2.43 bits per heavy atom.